The molecule has 2 aromatic heterocycles. The van der Waals surface area contributed by atoms with Gasteiger partial charge >= 0.3 is 0 Å². The first-order chi connectivity index (χ1) is 16.6. The lowest BCUT2D eigenvalue weighted by Crippen LogP contribution is -2.37. The summed E-state index contributed by atoms with van der Waals surface area (Å²) in [6.07, 6.45) is 3.94. The molecule has 1 N–H and O–H groups in total. The van der Waals surface area contributed by atoms with Crippen LogP contribution in [0.5, 0.6) is 0 Å². The summed E-state index contributed by atoms with van der Waals surface area (Å²) >= 11 is 0. The minimum absolute atomic E-state index is 0.157. The topological polar surface area (TPSA) is 98.9 Å². The molecule has 8 heteroatoms. The number of nitrogens with one attached hydrogen (secondary N) is 1. The normalized spacial score (nSPS) is 12.9. The van der Waals surface area contributed by atoms with Crippen molar-refractivity contribution in [3.8, 4) is 11.3 Å². The summed E-state index contributed by atoms with van der Waals surface area (Å²) in [5.74, 6) is -0.351. The zero-order valence-electron chi connectivity index (χ0n) is 18.7. The zero-order chi connectivity index (χ0) is 23.5. The van der Waals surface area contributed by atoms with Crippen LogP contribution in [0.15, 0.2) is 70.3 Å². The molecule has 0 bridgehead atoms. The van der Waals surface area contributed by atoms with Gasteiger partial charge in [0, 0.05) is 24.2 Å². The minimum atomic E-state index is -0.355. The quantitative estimate of drug-likeness (QED) is 0.481. The number of hydrogen-bond donors (Lipinski definition) is 1. The second kappa shape index (κ2) is 9.43. The first-order valence-electron chi connectivity index (χ1n) is 11.5. The molecule has 5 rings (SSSR count). The number of fused-ring (bicyclic) bond motifs is 2. The third-order valence-corrected chi connectivity index (χ3v) is 6.15. The number of amides is 1. The monoisotopic (exact) mass is 455 g/mol. The van der Waals surface area contributed by atoms with Gasteiger partial charge in [0.05, 0.1) is 17.9 Å². The lowest BCUT2D eigenvalue weighted by atomic mass is 9.97. The largest absolute Gasteiger partial charge is 0.353 e. The molecule has 2 aromatic carbocycles. The van der Waals surface area contributed by atoms with E-state index in [1.54, 1.807) is 12.1 Å². The second-order valence-corrected chi connectivity index (χ2v) is 8.48. The third kappa shape index (κ3) is 4.52. The van der Waals surface area contributed by atoms with Crippen LogP contribution >= 0.6 is 0 Å². The SMILES string of the molecule is O=C(Cn1nc(-c2cccc3ccccc23)ccc1=O)NCCn1nc2c(cc1=O)CCCC2. The third-order valence-electron chi connectivity index (χ3n) is 6.15. The van der Waals surface area contributed by atoms with Gasteiger partial charge in [-0.15, -0.1) is 0 Å². The van der Waals surface area contributed by atoms with E-state index in [0.29, 0.717) is 5.69 Å². The fraction of sp³-hybridized carbons (Fsp3) is 0.269. The molecule has 0 spiro atoms. The Morgan fingerprint density at radius 1 is 0.882 bits per heavy atom. The highest BCUT2D eigenvalue weighted by atomic mass is 16.2. The average Bonchev–Trinajstić information content (AvgIpc) is 2.85. The van der Waals surface area contributed by atoms with Crippen molar-refractivity contribution in [1.82, 2.24) is 24.9 Å². The molecule has 0 saturated heterocycles. The Kier molecular flexibility index (Phi) is 6.03. The van der Waals surface area contributed by atoms with Crippen molar-refractivity contribution in [1.29, 1.82) is 0 Å². The number of benzene rings is 2. The number of carbonyl (C=O) groups is 1. The maximum atomic E-state index is 12.5. The van der Waals surface area contributed by atoms with Crippen molar-refractivity contribution in [2.24, 2.45) is 0 Å². The van der Waals surface area contributed by atoms with Crippen molar-refractivity contribution < 1.29 is 4.79 Å². The van der Waals surface area contributed by atoms with E-state index in [1.807, 2.05) is 42.5 Å². The molecule has 1 aliphatic carbocycles. The van der Waals surface area contributed by atoms with Gasteiger partial charge in [-0.1, -0.05) is 42.5 Å². The molecular weight excluding hydrogens is 430 g/mol. The van der Waals surface area contributed by atoms with Crippen LogP contribution in [0, 0.1) is 0 Å². The molecule has 4 aromatic rings. The highest BCUT2D eigenvalue weighted by Gasteiger charge is 2.14. The number of hydrogen-bond acceptors (Lipinski definition) is 5. The van der Waals surface area contributed by atoms with E-state index >= 15 is 0 Å². The standard InChI is InChI=1S/C26H25N5O3/c32-24(27-14-15-30-26(34)16-19-7-2-4-11-22(19)28-30)17-31-25(33)13-12-23(29-31)21-10-5-8-18-6-1-3-9-20(18)21/h1,3,5-6,8-10,12-13,16H,2,4,7,11,14-15,17H2,(H,27,32). The van der Waals surface area contributed by atoms with Crippen LogP contribution in [0.2, 0.25) is 0 Å². The first-order valence-corrected chi connectivity index (χ1v) is 11.5. The van der Waals surface area contributed by atoms with E-state index in [9.17, 15) is 14.4 Å². The Morgan fingerprint density at radius 2 is 1.71 bits per heavy atom. The molecule has 0 unspecified atom stereocenters. The molecule has 0 atom stereocenters. The van der Waals surface area contributed by atoms with Gasteiger partial charge in [0.15, 0.2) is 0 Å². The molecule has 0 radical (unpaired) electrons. The summed E-state index contributed by atoms with van der Waals surface area (Å²) < 4.78 is 2.56. The van der Waals surface area contributed by atoms with Crippen LogP contribution in [-0.4, -0.2) is 32.0 Å². The Morgan fingerprint density at radius 3 is 2.62 bits per heavy atom. The molecule has 0 aliphatic heterocycles. The van der Waals surface area contributed by atoms with Gasteiger partial charge in [-0.05, 0) is 48.1 Å². The number of nitrogens with zero attached hydrogens (tertiary/aromatic N) is 4. The number of carbonyl (C=O) groups excluding carboxylic acids is 1. The molecule has 1 aliphatic rings. The molecule has 172 valence electrons. The highest BCUT2D eigenvalue weighted by Crippen LogP contribution is 2.26. The lowest BCUT2D eigenvalue weighted by molar-refractivity contribution is -0.121. The summed E-state index contributed by atoms with van der Waals surface area (Å²) in [5.41, 5.74) is 3.01. The highest BCUT2D eigenvalue weighted by molar-refractivity contribution is 5.95. The van der Waals surface area contributed by atoms with Crippen molar-refractivity contribution in [2.75, 3.05) is 6.54 Å². The van der Waals surface area contributed by atoms with Crippen LogP contribution in [0.1, 0.15) is 24.1 Å². The maximum absolute atomic E-state index is 12.5. The summed E-state index contributed by atoms with van der Waals surface area (Å²) in [4.78, 5) is 37.2. The van der Waals surface area contributed by atoms with Gasteiger partial charge in [0.1, 0.15) is 6.54 Å². The van der Waals surface area contributed by atoms with Crippen LogP contribution < -0.4 is 16.4 Å². The number of aromatic nitrogens is 4. The fourth-order valence-electron chi connectivity index (χ4n) is 4.41. The first kappa shape index (κ1) is 21.8. The molecule has 34 heavy (non-hydrogen) atoms. The van der Waals surface area contributed by atoms with Gasteiger partial charge in [0.2, 0.25) is 5.91 Å². The van der Waals surface area contributed by atoms with Gasteiger partial charge < -0.3 is 5.32 Å². The summed E-state index contributed by atoms with van der Waals surface area (Å²) in [7, 11) is 0. The molecule has 0 saturated carbocycles. The summed E-state index contributed by atoms with van der Waals surface area (Å²) in [6, 6.07) is 18.6. The zero-order valence-corrected chi connectivity index (χ0v) is 18.7. The maximum Gasteiger partial charge on any atom is 0.267 e. The summed E-state index contributed by atoms with van der Waals surface area (Å²) in [6.45, 7) is 0.308. The van der Waals surface area contributed by atoms with Crippen LogP contribution in [-0.2, 0) is 30.7 Å². The van der Waals surface area contributed by atoms with Crippen molar-refractivity contribution in [3.63, 3.8) is 0 Å². The smallest absolute Gasteiger partial charge is 0.267 e. The molecule has 8 nitrogen and oxygen atoms in total. The minimum Gasteiger partial charge on any atom is -0.353 e. The van der Waals surface area contributed by atoms with Crippen molar-refractivity contribution in [2.45, 2.75) is 38.8 Å². The molecule has 0 fully saturated rings. The Bertz CT molecular complexity index is 1480. The van der Waals surface area contributed by atoms with E-state index in [4.69, 9.17) is 0 Å². The van der Waals surface area contributed by atoms with Crippen molar-refractivity contribution >= 4 is 16.7 Å². The molecule has 1 amide bonds. The van der Waals surface area contributed by atoms with E-state index in [-0.39, 0.29) is 36.7 Å². The van der Waals surface area contributed by atoms with E-state index < -0.39 is 0 Å². The second-order valence-electron chi connectivity index (χ2n) is 8.48. The van der Waals surface area contributed by atoms with Gasteiger partial charge in [-0.2, -0.15) is 10.2 Å². The van der Waals surface area contributed by atoms with Crippen molar-refractivity contribution in [3.05, 3.63) is 92.6 Å². The van der Waals surface area contributed by atoms with Crippen LogP contribution in [0.3, 0.4) is 0 Å². The van der Waals surface area contributed by atoms with Gasteiger partial charge in [-0.25, -0.2) is 9.36 Å². The van der Waals surface area contributed by atoms with Gasteiger partial charge in [0.25, 0.3) is 11.1 Å². The number of aryl methyl sites for hydroxylation is 2. The van der Waals surface area contributed by atoms with Crippen LogP contribution in [0.25, 0.3) is 22.0 Å². The lowest BCUT2D eigenvalue weighted by Gasteiger charge is -2.16. The van der Waals surface area contributed by atoms with E-state index in [2.05, 4.69) is 15.5 Å². The van der Waals surface area contributed by atoms with Gasteiger partial charge in [-0.3, -0.25) is 14.4 Å². The Hall–Kier alpha value is -4.07. The van der Waals surface area contributed by atoms with E-state index in [0.717, 1.165) is 58.0 Å². The van der Waals surface area contributed by atoms with E-state index in [1.165, 1.54) is 10.7 Å². The summed E-state index contributed by atoms with van der Waals surface area (Å²) in [5, 5.41) is 13.8. The van der Waals surface area contributed by atoms with Crippen LogP contribution in [0.4, 0.5) is 0 Å². The Balaban J connectivity index is 1.27. The predicted octanol–water partition coefficient (Wildman–Crippen LogP) is 2.32. The number of rotatable bonds is 6. The molecular formula is C26H25N5O3. The predicted molar refractivity (Wildman–Crippen MR) is 130 cm³/mol. The average molecular weight is 456 g/mol. The Labute approximate surface area is 195 Å². The molecule has 2 heterocycles. The fourth-order valence-corrected chi connectivity index (χ4v) is 4.41.